The first kappa shape index (κ1) is 31.8. The number of rotatable bonds is 12. The molecule has 224 valence electrons. The Kier molecular flexibility index (Phi) is 11.6. The van der Waals surface area contributed by atoms with Gasteiger partial charge in [-0.2, -0.15) is 0 Å². The van der Waals surface area contributed by atoms with Gasteiger partial charge in [-0.25, -0.2) is 0 Å². The van der Waals surface area contributed by atoms with Gasteiger partial charge in [0.1, 0.15) is 0 Å². The third-order valence-electron chi connectivity index (χ3n) is 8.02. The molecule has 0 atom stereocenters. The quantitative estimate of drug-likeness (QED) is 0.124. The molecule has 0 radical (unpaired) electrons. The van der Waals surface area contributed by atoms with E-state index >= 15 is 0 Å². The van der Waals surface area contributed by atoms with Gasteiger partial charge in [0.25, 0.3) is 0 Å². The van der Waals surface area contributed by atoms with Gasteiger partial charge in [-0.1, -0.05) is 184 Å². The molecule has 0 saturated carbocycles. The average Bonchev–Trinajstić information content (AvgIpc) is 3.10. The molecular formula is C44H41Cl. The van der Waals surface area contributed by atoms with Gasteiger partial charge in [0.2, 0.25) is 0 Å². The largest absolute Gasteiger partial charge is 0.0843 e. The zero-order valence-electron chi connectivity index (χ0n) is 26.3. The summed E-state index contributed by atoms with van der Waals surface area (Å²) in [5, 5.41) is 0.739. The highest BCUT2D eigenvalue weighted by molar-refractivity contribution is 6.30. The van der Waals surface area contributed by atoms with E-state index in [4.69, 9.17) is 11.6 Å². The summed E-state index contributed by atoms with van der Waals surface area (Å²) in [5.41, 5.74) is 12.1. The fraction of sp³-hybridized carbons (Fsp3) is 0.136. The number of aryl methyl sites for hydroxylation is 2. The fourth-order valence-corrected chi connectivity index (χ4v) is 5.36. The van der Waals surface area contributed by atoms with Crippen molar-refractivity contribution in [2.24, 2.45) is 0 Å². The van der Waals surface area contributed by atoms with E-state index in [1.54, 1.807) is 0 Å². The molecule has 0 nitrogen and oxygen atoms in total. The minimum atomic E-state index is 0.739. The Morgan fingerprint density at radius 3 is 1.62 bits per heavy atom. The Bertz CT molecular complexity index is 1750. The van der Waals surface area contributed by atoms with E-state index in [9.17, 15) is 0 Å². The number of allylic oxidation sites excluding steroid dienone is 5. The maximum absolute atomic E-state index is 6.18. The number of hydrogen-bond donors (Lipinski definition) is 0. The van der Waals surface area contributed by atoms with Crippen LogP contribution >= 0.6 is 11.6 Å². The van der Waals surface area contributed by atoms with Crippen LogP contribution in [0.25, 0.3) is 34.9 Å². The Hall–Kier alpha value is -4.65. The molecule has 1 heteroatoms. The molecule has 0 aliphatic rings. The molecular weight excluding hydrogens is 564 g/mol. The van der Waals surface area contributed by atoms with Crippen LogP contribution < -0.4 is 0 Å². The van der Waals surface area contributed by atoms with Gasteiger partial charge in [-0.3, -0.25) is 0 Å². The average molecular weight is 605 g/mol. The summed E-state index contributed by atoms with van der Waals surface area (Å²) >= 11 is 6.18. The standard InChI is InChI=1S/C44H41Cl/c1-3-5-9-35-18-27-41(28-19-35)44(33-24-37-16-25-40(26-17-37)39-10-7-6-8-11-39)42(30-21-38-22-31-43(45)32-23-38)29-20-36-14-12-34(4-2)13-15-36/h6-8,10-33H,3-5,9H2,1-2H3. The van der Waals surface area contributed by atoms with Crippen molar-refractivity contribution in [2.45, 2.75) is 39.5 Å². The molecule has 0 amide bonds. The van der Waals surface area contributed by atoms with Gasteiger partial charge in [-0.05, 0) is 87.0 Å². The molecule has 0 saturated heterocycles. The van der Waals surface area contributed by atoms with Crippen molar-refractivity contribution in [3.63, 3.8) is 0 Å². The third-order valence-corrected chi connectivity index (χ3v) is 8.28. The predicted molar refractivity (Wildman–Crippen MR) is 198 cm³/mol. The van der Waals surface area contributed by atoms with E-state index in [0.29, 0.717) is 0 Å². The van der Waals surface area contributed by atoms with Crippen LogP contribution in [0.1, 0.15) is 60.1 Å². The summed E-state index contributed by atoms with van der Waals surface area (Å²) in [6, 6.07) is 45.2. The van der Waals surface area contributed by atoms with Gasteiger partial charge < -0.3 is 0 Å². The van der Waals surface area contributed by atoms with E-state index in [1.165, 1.54) is 46.2 Å². The maximum atomic E-state index is 6.18. The molecule has 0 N–H and O–H groups in total. The maximum Gasteiger partial charge on any atom is 0.0406 e. The normalized spacial score (nSPS) is 12.3. The summed E-state index contributed by atoms with van der Waals surface area (Å²) < 4.78 is 0. The molecule has 5 aromatic carbocycles. The molecule has 45 heavy (non-hydrogen) atoms. The topological polar surface area (TPSA) is 0 Å². The Labute approximate surface area is 274 Å². The molecule has 0 spiro atoms. The lowest BCUT2D eigenvalue weighted by Gasteiger charge is -2.10. The first-order valence-corrected chi connectivity index (χ1v) is 16.4. The lowest BCUT2D eigenvalue weighted by Crippen LogP contribution is -1.90. The van der Waals surface area contributed by atoms with Crippen molar-refractivity contribution < 1.29 is 0 Å². The highest BCUT2D eigenvalue weighted by Gasteiger charge is 2.06. The van der Waals surface area contributed by atoms with E-state index in [0.717, 1.165) is 40.1 Å². The third kappa shape index (κ3) is 9.42. The molecule has 0 fully saturated rings. The van der Waals surface area contributed by atoms with Crippen LogP contribution in [0.5, 0.6) is 0 Å². The molecule has 0 aliphatic heterocycles. The van der Waals surface area contributed by atoms with Crippen LogP contribution in [0.2, 0.25) is 5.02 Å². The monoisotopic (exact) mass is 604 g/mol. The summed E-state index contributed by atoms with van der Waals surface area (Å²) in [7, 11) is 0. The number of halogens is 1. The second kappa shape index (κ2) is 16.4. The number of unbranched alkanes of at least 4 members (excludes halogenated alkanes) is 1. The van der Waals surface area contributed by atoms with E-state index in [1.807, 2.05) is 12.1 Å². The van der Waals surface area contributed by atoms with Crippen molar-refractivity contribution in [1.29, 1.82) is 0 Å². The first-order chi connectivity index (χ1) is 22.1. The zero-order chi connectivity index (χ0) is 31.3. The van der Waals surface area contributed by atoms with E-state index in [-0.39, 0.29) is 0 Å². The Balaban J connectivity index is 1.57. The SMILES string of the molecule is CCCCc1ccc(C(C=Cc2ccc(-c3ccccc3)cc2)=C(C=Cc2ccc(Cl)cc2)C=Cc2ccc(CC)cc2)cc1. The second-order valence-corrected chi connectivity index (χ2v) is 11.7. The summed E-state index contributed by atoms with van der Waals surface area (Å²) in [5.74, 6) is 0. The van der Waals surface area contributed by atoms with E-state index in [2.05, 4.69) is 166 Å². The van der Waals surface area contributed by atoms with Gasteiger partial charge in [0.15, 0.2) is 0 Å². The van der Waals surface area contributed by atoms with Crippen LogP contribution in [0, 0.1) is 0 Å². The lowest BCUT2D eigenvalue weighted by molar-refractivity contribution is 0.795. The minimum Gasteiger partial charge on any atom is -0.0843 e. The molecule has 5 rings (SSSR count). The summed E-state index contributed by atoms with van der Waals surface area (Å²) in [6.45, 7) is 4.43. The van der Waals surface area contributed by atoms with Crippen molar-refractivity contribution in [3.8, 4) is 11.1 Å². The van der Waals surface area contributed by atoms with Crippen molar-refractivity contribution in [1.82, 2.24) is 0 Å². The minimum absolute atomic E-state index is 0.739. The number of benzene rings is 5. The van der Waals surface area contributed by atoms with E-state index < -0.39 is 0 Å². The fourth-order valence-electron chi connectivity index (χ4n) is 5.23. The Morgan fingerprint density at radius 2 is 1.04 bits per heavy atom. The molecule has 0 unspecified atom stereocenters. The molecule has 0 heterocycles. The van der Waals surface area contributed by atoms with Gasteiger partial charge >= 0.3 is 0 Å². The molecule has 0 aromatic heterocycles. The lowest BCUT2D eigenvalue weighted by atomic mass is 9.95. The smallest absolute Gasteiger partial charge is 0.0406 e. The second-order valence-electron chi connectivity index (χ2n) is 11.3. The summed E-state index contributed by atoms with van der Waals surface area (Å²) in [4.78, 5) is 0. The first-order valence-electron chi connectivity index (χ1n) is 16.0. The predicted octanol–water partition coefficient (Wildman–Crippen LogP) is 12.8. The van der Waals surface area contributed by atoms with Gasteiger partial charge in [-0.15, -0.1) is 0 Å². The Morgan fingerprint density at radius 1 is 0.533 bits per heavy atom. The van der Waals surface area contributed by atoms with Crippen LogP contribution in [0.4, 0.5) is 0 Å². The van der Waals surface area contributed by atoms with Crippen LogP contribution in [-0.4, -0.2) is 0 Å². The molecule has 0 aliphatic carbocycles. The zero-order valence-corrected chi connectivity index (χ0v) is 27.1. The number of hydrogen-bond acceptors (Lipinski definition) is 0. The summed E-state index contributed by atoms with van der Waals surface area (Å²) in [6.07, 6.45) is 17.8. The highest BCUT2D eigenvalue weighted by atomic mass is 35.5. The van der Waals surface area contributed by atoms with Crippen LogP contribution in [-0.2, 0) is 12.8 Å². The highest BCUT2D eigenvalue weighted by Crippen LogP contribution is 2.27. The molecule has 0 bridgehead atoms. The van der Waals surface area contributed by atoms with Crippen molar-refractivity contribution >= 4 is 35.4 Å². The van der Waals surface area contributed by atoms with Gasteiger partial charge in [0, 0.05) is 5.02 Å². The van der Waals surface area contributed by atoms with Crippen molar-refractivity contribution in [3.05, 3.63) is 190 Å². The molecule has 5 aromatic rings. The van der Waals surface area contributed by atoms with Crippen molar-refractivity contribution in [2.75, 3.05) is 0 Å². The van der Waals surface area contributed by atoms with Crippen LogP contribution in [0.15, 0.2) is 151 Å². The van der Waals surface area contributed by atoms with Gasteiger partial charge in [0.05, 0.1) is 0 Å². The van der Waals surface area contributed by atoms with Crippen LogP contribution in [0.3, 0.4) is 0 Å².